The number of carbonyl (C=O) groups is 2. The Morgan fingerprint density at radius 1 is 1.35 bits per heavy atom. The Hall–Kier alpha value is -2.09. The summed E-state index contributed by atoms with van der Waals surface area (Å²) < 4.78 is 24.4. The maximum atomic E-state index is 12.2. The van der Waals surface area contributed by atoms with Crippen molar-refractivity contribution in [3.63, 3.8) is 0 Å². The summed E-state index contributed by atoms with van der Waals surface area (Å²) in [4.78, 5) is 23.5. The number of nitrogens with one attached hydrogen (secondary N) is 1. The number of hydrogen-bond donors (Lipinski definition) is 2. The highest BCUT2D eigenvalue weighted by Crippen LogP contribution is 2.17. The van der Waals surface area contributed by atoms with Crippen LogP contribution in [-0.2, 0) is 9.84 Å². The topological polar surface area (TPSA) is 104 Å². The van der Waals surface area contributed by atoms with Gasteiger partial charge in [-0.2, -0.15) is 0 Å². The molecule has 0 atom stereocenters. The van der Waals surface area contributed by atoms with Crippen LogP contribution in [0.3, 0.4) is 0 Å². The predicted octanol–water partition coefficient (Wildman–Crippen LogP) is 0.184. The predicted molar refractivity (Wildman–Crippen MR) is 70.4 cm³/mol. The van der Waals surface area contributed by atoms with E-state index in [0.717, 1.165) is 0 Å². The Morgan fingerprint density at radius 2 is 2.05 bits per heavy atom. The highest BCUT2D eigenvalue weighted by molar-refractivity contribution is 7.91. The van der Waals surface area contributed by atoms with Gasteiger partial charge in [-0.05, 0) is 12.1 Å². The molecule has 2 N–H and O–H groups in total. The van der Waals surface area contributed by atoms with Gasteiger partial charge in [-0.15, -0.1) is 0 Å². The van der Waals surface area contributed by atoms with Crippen LogP contribution in [0.4, 0.5) is 4.79 Å². The van der Waals surface area contributed by atoms with Crippen molar-refractivity contribution in [2.24, 2.45) is 0 Å². The van der Waals surface area contributed by atoms with Crippen molar-refractivity contribution in [2.45, 2.75) is 4.90 Å². The average Bonchev–Trinajstić information content (AvgIpc) is 2.82. The third kappa shape index (κ3) is 2.90. The van der Waals surface area contributed by atoms with Gasteiger partial charge >= 0.3 is 12.0 Å². The van der Waals surface area contributed by atoms with E-state index in [1.165, 1.54) is 29.2 Å². The minimum Gasteiger partial charge on any atom is -0.478 e. The summed E-state index contributed by atoms with van der Waals surface area (Å²) in [6.07, 6.45) is 0. The van der Waals surface area contributed by atoms with Crippen LogP contribution in [0.1, 0.15) is 10.4 Å². The van der Waals surface area contributed by atoms with E-state index in [1.54, 1.807) is 0 Å². The second-order valence-corrected chi connectivity index (χ2v) is 6.42. The van der Waals surface area contributed by atoms with Crippen molar-refractivity contribution < 1.29 is 23.1 Å². The third-order valence-corrected chi connectivity index (χ3v) is 4.77. The lowest BCUT2D eigenvalue weighted by atomic mass is 10.2. The van der Waals surface area contributed by atoms with Crippen molar-refractivity contribution in [1.82, 2.24) is 10.2 Å². The maximum Gasteiger partial charge on any atom is 0.337 e. The van der Waals surface area contributed by atoms with Gasteiger partial charge in [0.2, 0.25) is 0 Å². The first kappa shape index (κ1) is 14.3. The van der Waals surface area contributed by atoms with E-state index in [-0.39, 0.29) is 28.8 Å². The second-order valence-electron chi connectivity index (χ2n) is 4.34. The van der Waals surface area contributed by atoms with E-state index in [0.29, 0.717) is 13.1 Å². The van der Waals surface area contributed by atoms with Crippen LogP contribution in [0.25, 0.3) is 0 Å². The van der Waals surface area contributed by atoms with Gasteiger partial charge in [0, 0.05) is 19.6 Å². The van der Waals surface area contributed by atoms with Crippen LogP contribution in [-0.4, -0.2) is 55.8 Å². The molecule has 7 nitrogen and oxygen atoms in total. The Balaban J connectivity index is 2.18. The lowest BCUT2D eigenvalue weighted by molar-refractivity contribution is 0.0692. The van der Waals surface area contributed by atoms with Crippen LogP contribution >= 0.6 is 0 Å². The molecule has 1 saturated heterocycles. The molecule has 0 radical (unpaired) electrons. The molecule has 20 heavy (non-hydrogen) atoms. The number of aromatic carboxylic acids is 1. The number of sulfone groups is 1. The number of benzene rings is 1. The molecule has 1 aromatic rings. The normalized spacial score (nSPS) is 15.2. The highest BCUT2D eigenvalue weighted by atomic mass is 32.2. The number of nitrogens with zero attached hydrogens (tertiary/aromatic N) is 1. The van der Waals surface area contributed by atoms with Gasteiger partial charge in [-0.25, -0.2) is 18.0 Å². The quantitative estimate of drug-likeness (QED) is 0.807. The Labute approximate surface area is 116 Å². The summed E-state index contributed by atoms with van der Waals surface area (Å²) in [6.45, 7) is 0.988. The monoisotopic (exact) mass is 298 g/mol. The Bertz CT molecular complexity index is 641. The molecule has 0 aromatic heterocycles. The lowest BCUT2D eigenvalue weighted by Crippen LogP contribution is -2.32. The molecule has 0 unspecified atom stereocenters. The minimum atomic E-state index is -3.75. The van der Waals surface area contributed by atoms with Crippen LogP contribution < -0.4 is 5.32 Å². The van der Waals surface area contributed by atoms with Crippen molar-refractivity contribution in [1.29, 1.82) is 0 Å². The largest absolute Gasteiger partial charge is 0.478 e. The molecule has 0 spiro atoms. The van der Waals surface area contributed by atoms with Crippen molar-refractivity contribution in [3.05, 3.63) is 29.8 Å². The van der Waals surface area contributed by atoms with Gasteiger partial charge in [-0.1, -0.05) is 12.1 Å². The molecular formula is C12H14N2O5S. The van der Waals surface area contributed by atoms with Gasteiger partial charge in [0.1, 0.15) is 0 Å². The first-order valence-electron chi connectivity index (χ1n) is 5.99. The zero-order valence-electron chi connectivity index (χ0n) is 10.6. The fourth-order valence-electron chi connectivity index (χ4n) is 1.98. The number of carboxylic acids is 1. The SMILES string of the molecule is O=C(O)c1ccccc1S(=O)(=O)CCN1CCNC1=O. The third-order valence-electron chi connectivity index (χ3n) is 3.03. The number of amides is 2. The number of urea groups is 1. The van der Waals surface area contributed by atoms with Gasteiger partial charge in [0.25, 0.3) is 0 Å². The second kappa shape index (κ2) is 5.49. The molecule has 0 saturated carbocycles. The molecule has 1 aliphatic rings. The van der Waals surface area contributed by atoms with Crippen LogP contribution in [0.5, 0.6) is 0 Å². The summed E-state index contributed by atoms with van der Waals surface area (Å²) in [7, 11) is -3.75. The van der Waals surface area contributed by atoms with Gasteiger partial charge < -0.3 is 15.3 Å². The fourth-order valence-corrected chi connectivity index (χ4v) is 3.44. The van der Waals surface area contributed by atoms with Gasteiger partial charge in [0.15, 0.2) is 9.84 Å². The standard InChI is InChI=1S/C12H14N2O5S/c15-11(16)9-3-1-2-4-10(9)20(18,19)8-7-14-6-5-13-12(14)17/h1-4H,5-8H2,(H,13,17)(H,15,16). The van der Waals surface area contributed by atoms with Crippen LogP contribution in [0.15, 0.2) is 29.2 Å². The Morgan fingerprint density at radius 3 is 2.65 bits per heavy atom. The zero-order chi connectivity index (χ0) is 14.8. The molecule has 1 heterocycles. The summed E-state index contributed by atoms with van der Waals surface area (Å²) in [6, 6.07) is 5.16. The van der Waals surface area contributed by atoms with Crippen LogP contribution in [0, 0.1) is 0 Å². The molecule has 2 rings (SSSR count). The highest BCUT2D eigenvalue weighted by Gasteiger charge is 2.25. The van der Waals surface area contributed by atoms with E-state index in [4.69, 9.17) is 5.11 Å². The summed E-state index contributed by atoms with van der Waals surface area (Å²) >= 11 is 0. The molecule has 2 amide bonds. The molecular weight excluding hydrogens is 284 g/mol. The number of carbonyl (C=O) groups excluding carboxylic acids is 1. The molecule has 1 aromatic carbocycles. The summed E-state index contributed by atoms with van der Waals surface area (Å²) in [5, 5.41) is 11.6. The first-order valence-corrected chi connectivity index (χ1v) is 7.65. The summed E-state index contributed by atoms with van der Waals surface area (Å²) in [5.74, 6) is -1.59. The zero-order valence-corrected chi connectivity index (χ0v) is 11.4. The average molecular weight is 298 g/mol. The maximum absolute atomic E-state index is 12.2. The molecule has 8 heteroatoms. The molecule has 1 aliphatic heterocycles. The number of hydrogen-bond acceptors (Lipinski definition) is 4. The van der Waals surface area contributed by atoms with E-state index in [2.05, 4.69) is 5.32 Å². The fraction of sp³-hybridized carbons (Fsp3) is 0.333. The van der Waals surface area contributed by atoms with Gasteiger partial charge in [0.05, 0.1) is 16.2 Å². The van der Waals surface area contributed by atoms with Crippen molar-refractivity contribution >= 4 is 21.8 Å². The van der Waals surface area contributed by atoms with E-state index in [1.807, 2.05) is 0 Å². The van der Waals surface area contributed by atoms with E-state index >= 15 is 0 Å². The molecule has 0 aliphatic carbocycles. The molecule has 108 valence electrons. The van der Waals surface area contributed by atoms with Gasteiger partial charge in [-0.3, -0.25) is 0 Å². The summed E-state index contributed by atoms with van der Waals surface area (Å²) in [5.41, 5.74) is -0.252. The van der Waals surface area contributed by atoms with Crippen molar-refractivity contribution in [3.8, 4) is 0 Å². The Kier molecular flexibility index (Phi) is 3.93. The lowest BCUT2D eigenvalue weighted by Gasteiger charge is -2.14. The van der Waals surface area contributed by atoms with Crippen LogP contribution in [0.2, 0.25) is 0 Å². The number of carboxylic acid groups (broad SMARTS) is 1. The molecule has 1 fully saturated rings. The van der Waals surface area contributed by atoms with E-state index < -0.39 is 15.8 Å². The molecule has 0 bridgehead atoms. The smallest absolute Gasteiger partial charge is 0.337 e. The minimum absolute atomic E-state index is 0.0438. The first-order chi connectivity index (χ1) is 9.42. The number of rotatable bonds is 5. The van der Waals surface area contributed by atoms with Crippen molar-refractivity contribution in [2.75, 3.05) is 25.4 Å². The van der Waals surface area contributed by atoms with E-state index in [9.17, 15) is 18.0 Å².